The van der Waals surface area contributed by atoms with E-state index in [2.05, 4.69) is 15.6 Å². The van der Waals surface area contributed by atoms with Crippen LogP contribution in [0, 0.1) is 17.0 Å². The smallest absolute Gasteiger partial charge is 0.272 e. The Morgan fingerprint density at radius 1 is 1.19 bits per heavy atom. The van der Waals surface area contributed by atoms with Gasteiger partial charge < -0.3 is 20.1 Å². The third-order valence-corrected chi connectivity index (χ3v) is 5.47. The molecule has 3 rings (SSSR count). The number of hydrogen-bond donors (Lipinski definition) is 2. The third kappa shape index (κ3) is 4.61. The molecule has 2 aromatic rings. The standard InChI is InChI=1S/C22H29F2N5O2/c1-22(2,3)18(21(31)25-4)27-20(30)17-15-12-28(5)10-7-11-29(15)19(26-17)13-8-6-9-14(23)16(13)24/h6,8-9,18H,7,10-12H2,1-5H3,(H,25,31)(H,27,30). The highest BCUT2D eigenvalue weighted by atomic mass is 19.2. The van der Waals surface area contributed by atoms with E-state index in [9.17, 15) is 18.4 Å². The van der Waals surface area contributed by atoms with Crippen LogP contribution in [-0.2, 0) is 17.9 Å². The lowest BCUT2D eigenvalue weighted by Crippen LogP contribution is -2.53. The molecule has 0 spiro atoms. The van der Waals surface area contributed by atoms with Gasteiger partial charge in [0.05, 0.1) is 11.3 Å². The first-order valence-electron chi connectivity index (χ1n) is 10.3. The maximum Gasteiger partial charge on any atom is 0.272 e. The van der Waals surface area contributed by atoms with Crippen LogP contribution in [-0.4, -0.2) is 52.9 Å². The quantitative estimate of drug-likeness (QED) is 0.777. The summed E-state index contributed by atoms with van der Waals surface area (Å²) in [5.41, 5.74) is 0.190. The van der Waals surface area contributed by atoms with Gasteiger partial charge in [-0.25, -0.2) is 13.8 Å². The molecule has 1 aliphatic heterocycles. The fourth-order valence-electron chi connectivity index (χ4n) is 3.80. The molecule has 1 aromatic carbocycles. The molecule has 1 atom stereocenters. The number of benzene rings is 1. The highest BCUT2D eigenvalue weighted by molar-refractivity contribution is 5.97. The van der Waals surface area contributed by atoms with Gasteiger partial charge in [0.2, 0.25) is 5.91 Å². The minimum absolute atomic E-state index is 0.00326. The van der Waals surface area contributed by atoms with E-state index < -0.39 is 29.0 Å². The number of halogens is 2. The van der Waals surface area contributed by atoms with Crippen molar-refractivity contribution in [2.24, 2.45) is 5.41 Å². The van der Waals surface area contributed by atoms with Crippen molar-refractivity contribution in [3.05, 3.63) is 41.2 Å². The topological polar surface area (TPSA) is 79.3 Å². The van der Waals surface area contributed by atoms with E-state index in [0.717, 1.165) is 19.0 Å². The summed E-state index contributed by atoms with van der Waals surface area (Å²) in [6.45, 7) is 7.28. The van der Waals surface area contributed by atoms with Gasteiger partial charge in [0.1, 0.15) is 11.9 Å². The monoisotopic (exact) mass is 433 g/mol. The van der Waals surface area contributed by atoms with E-state index in [-0.39, 0.29) is 23.0 Å². The van der Waals surface area contributed by atoms with E-state index in [1.165, 1.54) is 19.2 Å². The molecule has 7 nitrogen and oxygen atoms in total. The summed E-state index contributed by atoms with van der Waals surface area (Å²) >= 11 is 0. The SMILES string of the molecule is CNC(=O)C(NC(=O)c1nc(-c2cccc(F)c2F)n2c1CN(C)CCC2)C(C)(C)C. The van der Waals surface area contributed by atoms with Gasteiger partial charge >= 0.3 is 0 Å². The van der Waals surface area contributed by atoms with Crippen molar-refractivity contribution in [1.29, 1.82) is 0 Å². The summed E-state index contributed by atoms with van der Waals surface area (Å²) in [5.74, 6) is -2.61. The average molecular weight is 434 g/mol. The molecular weight excluding hydrogens is 404 g/mol. The summed E-state index contributed by atoms with van der Waals surface area (Å²) in [6.07, 6.45) is 0.772. The molecule has 31 heavy (non-hydrogen) atoms. The van der Waals surface area contributed by atoms with Gasteiger partial charge in [0.25, 0.3) is 5.91 Å². The highest BCUT2D eigenvalue weighted by Crippen LogP contribution is 2.29. The van der Waals surface area contributed by atoms with Gasteiger partial charge in [0.15, 0.2) is 17.3 Å². The fourth-order valence-corrected chi connectivity index (χ4v) is 3.80. The lowest BCUT2D eigenvalue weighted by molar-refractivity contribution is -0.124. The van der Waals surface area contributed by atoms with Crippen molar-refractivity contribution in [3.8, 4) is 11.4 Å². The van der Waals surface area contributed by atoms with Crippen molar-refractivity contribution < 1.29 is 18.4 Å². The van der Waals surface area contributed by atoms with Crippen molar-refractivity contribution in [2.45, 2.75) is 46.3 Å². The first kappa shape index (κ1) is 22.9. The van der Waals surface area contributed by atoms with Crippen molar-refractivity contribution >= 4 is 11.8 Å². The Morgan fingerprint density at radius 2 is 1.90 bits per heavy atom. The van der Waals surface area contributed by atoms with Crippen LogP contribution >= 0.6 is 0 Å². The predicted molar refractivity (Wildman–Crippen MR) is 113 cm³/mol. The summed E-state index contributed by atoms with van der Waals surface area (Å²) in [5, 5.41) is 5.36. The van der Waals surface area contributed by atoms with Gasteiger partial charge in [0, 0.05) is 20.1 Å². The van der Waals surface area contributed by atoms with Crippen LogP contribution in [0.5, 0.6) is 0 Å². The number of nitrogens with zero attached hydrogens (tertiary/aromatic N) is 3. The number of amides is 2. The number of carbonyl (C=O) groups excluding carboxylic acids is 2. The molecule has 1 unspecified atom stereocenters. The molecule has 2 amide bonds. The number of rotatable bonds is 4. The van der Waals surface area contributed by atoms with Crippen LogP contribution in [0.4, 0.5) is 8.78 Å². The number of hydrogen-bond acceptors (Lipinski definition) is 4. The zero-order valence-electron chi connectivity index (χ0n) is 18.6. The number of likely N-dealkylation sites (N-methyl/N-ethyl adjacent to an activating group) is 1. The molecule has 0 saturated heterocycles. The molecule has 0 radical (unpaired) electrons. The molecule has 2 N–H and O–H groups in total. The molecule has 0 saturated carbocycles. The minimum atomic E-state index is -1.00. The van der Waals surface area contributed by atoms with Gasteiger partial charge in [-0.3, -0.25) is 9.59 Å². The van der Waals surface area contributed by atoms with E-state index in [4.69, 9.17) is 0 Å². The normalized spacial score (nSPS) is 15.7. The Kier molecular flexibility index (Phi) is 6.45. The first-order valence-corrected chi connectivity index (χ1v) is 10.3. The first-order chi connectivity index (χ1) is 14.5. The Bertz CT molecular complexity index is 997. The highest BCUT2D eigenvalue weighted by Gasteiger charge is 2.35. The van der Waals surface area contributed by atoms with Gasteiger partial charge in [-0.2, -0.15) is 0 Å². The molecule has 168 valence electrons. The summed E-state index contributed by atoms with van der Waals surface area (Å²) in [4.78, 5) is 32.1. The van der Waals surface area contributed by atoms with E-state index in [1.54, 1.807) is 4.57 Å². The zero-order chi connectivity index (χ0) is 22.9. The van der Waals surface area contributed by atoms with Crippen LogP contribution in [0.25, 0.3) is 11.4 Å². The maximum atomic E-state index is 14.6. The van der Waals surface area contributed by atoms with Crippen LogP contribution in [0.3, 0.4) is 0 Å². The number of aromatic nitrogens is 2. The zero-order valence-corrected chi connectivity index (χ0v) is 18.6. The number of nitrogens with one attached hydrogen (secondary N) is 2. The second-order valence-corrected chi connectivity index (χ2v) is 8.96. The number of fused-ring (bicyclic) bond motifs is 1. The van der Waals surface area contributed by atoms with Gasteiger partial charge in [-0.05, 0) is 37.6 Å². The van der Waals surface area contributed by atoms with Crippen molar-refractivity contribution in [1.82, 2.24) is 25.1 Å². The third-order valence-electron chi connectivity index (χ3n) is 5.47. The number of imidazole rings is 1. The lowest BCUT2D eigenvalue weighted by atomic mass is 9.86. The average Bonchev–Trinajstić information content (AvgIpc) is 2.92. The second-order valence-electron chi connectivity index (χ2n) is 8.96. The van der Waals surface area contributed by atoms with Gasteiger partial charge in [-0.15, -0.1) is 0 Å². The Balaban J connectivity index is 2.10. The fraction of sp³-hybridized carbons (Fsp3) is 0.500. The number of carbonyl (C=O) groups is 2. The minimum Gasteiger partial charge on any atom is -0.357 e. The lowest BCUT2D eigenvalue weighted by Gasteiger charge is -2.29. The summed E-state index contributed by atoms with van der Waals surface area (Å²) < 4.78 is 30.2. The van der Waals surface area contributed by atoms with Crippen LogP contribution in [0.1, 0.15) is 43.4 Å². The molecule has 0 aliphatic carbocycles. The molecular formula is C22H29F2N5O2. The molecule has 9 heteroatoms. The van der Waals surface area contributed by atoms with Crippen molar-refractivity contribution in [2.75, 3.05) is 20.6 Å². The molecule has 1 aliphatic rings. The Labute approximate surface area is 180 Å². The van der Waals surface area contributed by atoms with Crippen molar-refractivity contribution in [3.63, 3.8) is 0 Å². The van der Waals surface area contributed by atoms with Crippen LogP contribution < -0.4 is 10.6 Å². The largest absolute Gasteiger partial charge is 0.357 e. The Morgan fingerprint density at radius 3 is 2.55 bits per heavy atom. The Hall–Kier alpha value is -2.81. The molecule has 0 fully saturated rings. The van der Waals surface area contributed by atoms with Crippen LogP contribution in [0.2, 0.25) is 0 Å². The maximum absolute atomic E-state index is 14.6. The molecule has 2 heterocycles. The summed E-state index contributed by atoms with van der Waals surface area (Å²) in [7, 11) is 3.44. The van der Waals surface area contributed by atoms with E-state index in [0.29, 0.717) is 18.8 Å². The second kappa shape index (κ2) is 8.74. The van der Waals surface area contributed by atoms with Crippen LogP contribution in [0.15, 0.2) is 18.2 Å². The van der Waals surface area contributed by atoms with E-state index >= 15 is 0 Å². The predicted octanol–water partition coefficient (Wildman–Crippen LogP) is 2.55. The van der Waals surface area contributed by atoms with Gasteiger partial charge in [-0.1, -0.05) is 26.8 Å². The van der Waals surface area contributed by atoms with E-state index in [1.807, 2.05) is 32.7 Å². The molecule has 0 bridgehead atoms. The molecule has 1 aromatic heterocycles. The summed E-state index contributed by atoms with van der Waals surface area (Å²) in [6, 6.07) is 3.12.